The molecule has 3 nitrogen and oxygen atoms in total. The quantitative estimate of drug-likeness (QED) is 0.877. The largest absolute Gasteiger partial charge is 0.392 e. The second kappa shape index (κ2) is 6.80. The van der Waals surface area contributed by atoms with E-state index in [0.717, 1.165) is 11.1 Å². The minimum absolute atomic E-state index is 0.00663. The number of benzene rings is 2. The minimum atomic E-state index is -0.466. The normalized spacial score (nSPS) is 10.2. The second-order valence-electron chi connectivity index (χ2n) is 4.47. The van der Waals surface area contributed by atoms with Crippen LogP contribution in [0.5, 0.6) is 0 Å². The highest BCUT2D eigenvalue weighted by atomic mass is 19.1. The van der Waals surface area contributed by atoms with Gasteiger partial charge in [-0.15, -0.1) is 0 Å². The van der Waals surface area contributed by atoms with Crippen molar-refractivity contribution in [1.82, 2.24) is 5.32 Å². The van der Waals surface area contributed by atoms with Crippen molar-refractivity contribution in [3.05, 3.63) is 70.5 Å². The van der Waals surface area contributed by atoms with Crippen molar-refractivity contribution in [2.24, 2.45) is 0 Å². The molecule has 0 aliphatic rings. The summed E-state index contributed by atoms with van der Waals surface area (Å²) < 4.78 is 13.8. The molecule has 0 amide bonds. The third-order valence-electron chi connectivity index (χ3n) is 3.02. The van der Waals surface area contributed by atoms with Crippen LogP contribution in [0.2, 0.25) is 0 Å². The molecular weight excluding hydrogens is 255 g/mol. The van der Waals surface area contributed by atoms with Crippen LogP contribution in [-0.2, 0) is 19.7 Å². The van der Waals surface area contributed by atoms with Gasteiger partial charge >= 0.3 is 0 Å². The summed E-state index contributed by atoms with van der Waals surface area (Å²) in [6, 6.07) is 14.2. The maximum absolute atomic E-state index is 13.8. The molecule has 0 bridgehead atoms. The van der Waals surface area contributed by atoms with Gasteiger partial charge in [0.1, 0.15) is 11.9 Å². The number of halogens is 1. The Bertz CT molecular complexity index is 635. The van der Waals surface area contributed by atoms with Crippen LogP contribution in [0.15, 0.2) is 42.5 Å². The molecule has 0 unspecified atom stereocenters. The first-order valence-electron chi connectivity index (χ1n) is 6.31. The molecule has 0 spiro atoms. The minimum Gasteiger partial charge on any atom is -0.392 e. The zero-order valence-electron chi connectivity index (χ0n) is 10.9. The number of hydrogen-bond donors (Lipinski definition) is 2. The molecule has 20 heavy (non-hydrogen) atoms. The van der Waals surface area contributed by atoms with Crippen molar-refractivity contribution >= 4 is 0 Å². The van der Waals surface area contributed by atoms with Crippen LogP contribution >= 0.6 is 0 Å². The van der Waals surface area contributed by atoms with Crippen LogP contribution in [0.1, 0.15) is 22.3 Å². The lowest BCUT2D eigenvalue weighted by Gasteiger charge is -2.08. The molecule has 0 saturated carbocycles. The van der Waals surface area contributed by atoms with E-state index >= 15 is 0 Å². The molecule has 2 aromatic carbocycles. The van der Waals surface area contributed by atoms with Gasteiger partial charge in [0.15, 0.2) is 0 Å². The van der Waals surface area contributed by atoms with Gasteiger partial charge in [-0.05, 0) is 17.2 Å². The molecule has 2 rings (SSSR count). The van der Waals surface area contributed by atoms with Gasteiger partial charge < -0.3 is 10.4 Å². The van der Waals surface area contributed by atoms with E-state index in [1.807, 2.05) is 30.3 Å². The van der Waals surface area contributed by atoms with Crippen molar-refractivity contribution in [2.75, 3.05) is 0 Å². The zero-order chi connectivity index (χ0) is 14.4. The average Bonchev–Trinajstić information content (AvgIpc) is 2.49. The number of nitrogens with zero attached hydrogens (tertiary/aromatic N) is 1. The molecule has 0 radical (unpaired) electrons. The highest BCUT2D eigenvalue weighted by Gasteiger charge is 2.06. The van der Waals surface area contributed by atoms with Crippen LogP contribution in [0, 0.1) is 17.1 Å². The van der Waals surface area contributed by atoms with Crippen LogP contribution in [0.25, 0.3) is 0 Å². The van der Waals surface area contributed by atoms with E-state index in [0.29, 0.717) is 18.7 Å². The van der Waals surface area contributed by atoms with Crippen LogP contribution in [0.3, 0.4) is 0 Å². The standard InChI is InChI=1S/C16H15FN2O/c17-16-14(8-18)5-2-6-15(16)10-19-9-12-3-1-4-13(7-12)11-20/h1-7,19-20H,9-11H2. The lowest BCUT2D eigenvalue weighted by atomic mass is 10.1. The molecule has 0 saturated heterocycles. The van der Waals surface area contributed by atoms with Crippen molar-refractivity contribution in [3.8, 4) is 6.07 Å². The molecule has 102 valence electrons. The third-order valence-corrected chi connectivity index (χ3v) is 3.02. The summed E-state index contributed by atoms with van der Waals surface area (Å²) in [5, 5.41) is 21.0. The number of nitrogens with one attached hydrogen (secondary N) is 1. The summed E-state index contributed by atoms with van der Waals surface area (Å²) >= 11 is 0. The van der Waals surface area contributed by atoms with Crippen molar-refractivity contribution in [1.29, 1.82) is 5.26 Å². The van der Waals surface area contributed by atoms with Gasteiger partial charge in [-0.3, -0.25) is 0 Å². The lowest BCUT2D eigenvalue weighted by Crippen LogP contribution is -2.14. The lowest BCUT2D eigenvalue weighted by molar-refractivity contribution is 0.281. The second-order valence-corrected chi connectivity index (χ2v) is 4.47. The molecule has 0 aliphatic heterocycles. The fourth-order valence-corrected chi connectivity index (χ4v) is 1.98. The topological polar surface area (TPSA) is 56.0 Å². The summed E-state index contributed by atoms with van der Waals surface area (Å²) in [5.41, 5.74) is 2.41. The Balaban J connectivity index is 1.98. The number of aliphatic hydroxyl groups is 1. The first-order chi connectivity index (χ1) is 9.74. The Morgan fingerprint density at radius 3 is 2.60 bits per heavy atom. The van der Waals surface area contributed by atoms with Gasteiger partial charge in [0.2, 0.25) is 0 Å². The Morgan fingerprint density at radius 1 is 1.10 bits per heavy atom. The van der Waals surface area contributed by atoms with E-state index in [4.69, 9.17) is 10.4 Å². The monoisotopic (exact) mass is 270 g/mol. The molecule has 0 atom stereocenters. The Labute approximate surface area is 117 Å². The summed E-state index contributed by atoms with van der Waals surface area (Å²) in [4.78, 5) is 0. The van der Waals surface area contributed by atoms with Crippen LogP contribution in [0.4, 0.5) is 4.39 Å². The van der Waals surface area contributed by atoms with Crippen LogP contribution < -0.4 is 5.32 Å². The van der Waals surface area contributed by atoms with Crippen LogP contribution in [-0.4, -0.2) is 5.11 Å². The summed E-state index contributed by atoms with van der Waals surface area (Å²) in [6.07, 6.45) is 0. The van der Waals surface area contributed by atoms with Gasteiger partial charge in [-0.25, -0.2) is 4.39 Å². The number of aliphatic hydroxyl groups excluding tert-OH is 1. The smallest absolute Gasteiger partial charge is 0.145 e. The Hall–Kier alpha value is -2.22. The highest BCUT2D eigenvalue weighted by Crippen LogP contribution is 2.12. The van der Waals surface area contributed by atoms with Crippen molar-refractivity contribution in [3.63, 3.8) is 0 Å². The molecule has 0 aliphatic carbocycles. The van der Waals surface area contributed by atoms with Gasteiger partial charge in [-0.2, -0.15) is 5.26 Å². The Kier molecular flexibility index (Phi) is 4.83. The average molecular weight is 270 g/mol. The molecule has 4 heteroatoms. The summed E-state index contributed by atoms with van der Waals surface area (Å²) in [7, 11) is 0. The van der Waals surface area contributed by atoms with Gasteiger partial charge in [-0.1, -0.05) is 36.4 Å². The fourth-order valence-electron chi connectivity index (χ4n) is 1.98. The predicted molar refractivity (Wildman–Crippen MR) is 74.0 cm³/mol. The number of rotatable bonds is 5. The molecule has 2 aromatic rings. The number of nitriles is 1. The highest BCUT2D eigenvalue weighted by molar-refractivity contribution is 5.35. The third kappa shape index (κ3) is 3.41. The van der Waals surface area contributed by atoms with E-state index < -0.39 is 5.82 Å². The van der Waals surface area contributed by atoms with E-state index in [1.54, 1.807) is 12.1 Å². The maximum atomic E-state index is 13.8. The first-order valence-corrected chi connectivity index (χ1v) is 6.31. The molecule has 0 heterocycles. The zero-order valence-corrected chi connectivity index (χ0v) is 10.9. The summed E-state index contributed by atoms with van der Waals surface area (Å²) in [6.45, 7) is 0.932. The summed E-state index contributed by atoms with van der Waals surface area (Å²) in [5.74, 6) is -0.466. The first kappa shape index (κ1) is 14.2. The molecule has 0 fully saturated rings. The number of hydrogen-bond acceptors (Lipinski definition) is 3. The van der Waals surface area contributed by atoms with Gasteiger partial charge in [0.05, 0.1) is 12.2 Å². The SMILES string of the molecule is N#Cc1cccc(CNCc2cccc(CO)c2)c1F. The molecular formula is C16H15FN2O. The predicted octanol–water partition coefficient (Wildman–Crippen LogP) is 2.48. The Morgan fingerprint density at radius 2 is 1.85 bits per heavy atom. The van der Waals surface area contributed by atoms with Crippen molar-refractivity contribution < 1.29 is 9.50 Å². The fraction of sp³-hybridized carbons (Fsp3) is 0.188. The van der Waals surface area contributed by atoms with Crippen molar-refractivity contribution in [2.45, 2.75) is 19.7 Å². The maximum Gasteiger partial charge on any atom is 0.145 e. The van der Waals surface area contributed by atoms with E-state index in [-0.39, 0.29) is 12.2 Å². The van der Waals surface area contributed by atoms with Gasteiger partial charge in [0, 0.05) is 18.7 Å². The van der Waals surface area contributed by atoms with E-state index in [2.05, 4.69) is 5.32 Å². The van der Waals surface area contributed by atoms with Gasteiger partial charge in [0.25, 0.3) is 0 Å². The van der Waals surface area contributed by atoms with E-state index in [9.17, 15) is 4.39 Å². The van der Waals surface area contributed by atoms with E-state index in [1.165, 1.54) is 6.07 Å². The molecule has 2 N–H and O–H groups in total. The molecule has 0 aromatic heterocycles.